The number of nitrogens with one attached hydrogen (secondary N) is 1. The summed E-state index contributed by atoms with van der Waals surface area (Å²) in [7, 11) is 0. The van der Waals surface area contributed by atoms with Crippen LogP contribution in [0, 0.1) is 0 Å². The quantitative estimate of drug-likeness (QED) is 0.877. The second kappa shape index (κ2) is 6.98. The van der Waals surface area contributed by atoms with Crippen molar-refractivity contribution in [2.24, 2.45) is 0 Å². The van der Waals surface area contributed by atoms with E-state index in [1.165, 1.54) is 19.3 Å². The predicted molar refractivity (Wildman–Crippen MR) is 83.2 cm³/mol. The number of nitrogens with zero attached hydrogens (tertiary/aromatic N) is 4. The molecule has 114 valence electrons. The molecule has 1 saturated carbocycles. The number of carbonyl (C=O) groups excluding carboxylic acids is 1. The maximum Gasteiger partial charge on any atom is 0.244 e. The molecule has 0 saturated heterocycles. The van der Waals surface area contributed by atoms with Gasteiger partial charge in [0, 0.05) is 12.1 Å². The molecule has 6 heteroatoms. The molecule has 1 aromatic carbocycles. The van der Waals surface area contributed by atoms with E-state index in [1.807, 2.05) is 30.3 Å². The summed E-state index contributed by atoms with van der Waals surface area (Å²) in [5, 5.41) is 14.2. The van der Waals surface area contributed by atoms with Crippen molar-refractivity contribution in [3.05, 3.63) is 42.2 Å². The van der Waals surface area contributed by atoms with Crippen LogP contribution < -0.4 is 5.32 Å². The lowest BCUT2D eigenvalue weighted by atomic mass is 9.95. The minimum Gasteiger partial charge on any atom is -0.350 e. The van der Waals surface area contributed by atoms with Crippen molar-refractivity contribution in [2.45, 2.75) is 38.1 Å². The molecule has 0 aliphatic heterocycles. The maximum absolute atomic E-state index is 12.0. The highest BCUT2D eigenvalue weighted by Crippen LogP contribution is 2.17. The van der Waals surface area contributed by atoms with Crippen LogP contribution >= 0.6 is 0 Å². The summed E-state index contributed by atoms with van der Waals surface area (Å²) in [5.74, 6) is -0.0280. The van der Waals surface area contributed by atoms with E-state index in [0.717, 1.165) is 24.1 Å². The van der Waals surface area contributed by atoms with E-state index in [9.17, 15) is 4.79 Å². The third-order valence-electron chi connectivity index (χ3n) is 3.86. The van der Waals surface area contributed by atoms with Crippen LogP contribution in [-0.2, 0) is 4.79 Å². The fraction of sp³-hybridized carbons (Fsp3) is 0.375. The molecule has 0 bridgehead atoms. The first kappa shape index (κ1) is 14.4. The van der Waals surface area contributed by atoms with Gasteiger partial charge >= 0.3 is 0 Å². The number of aromatic nitrogens is 4. The number of carbonyl (C=O) groups is 1. The standard InChI is InChI=1S/C16H19N5O/c22-16(18-14-6-2-1-3-7-14)10-9-13-5-4-8-15(11-13)21-12-17-19-20-21/h4-5,8-12,14H,1-3,6-7H2,(H,18,22)/b10-9+. The summed E-state index contributed by atoms with van der Waals surface area (Å²) in [4.78, 5) is 12.0. The minimum atomic E-state index is -0.0280. The van der Waals surface area contributed by atoms with E-state index >= 15 is 0 Å². The van der Waals surface area contributed by atoms with Gasteiger partial charge in [0.2, 0.25) is 5.91 Å². The van der Waals surface area contributed by atoms with Crippen LogP contribution in [-0.4, -0.2) is 32.2 Å². The van der Waals surface area contributed by atoms with Gasteiger partial charge in [0.25, 0.3) is 0 Å². The first-order valence-electron chi connectivity index (χ1n) is 7.63. The second-order valence-corrected chi connectivity index (χ2v) is 5.53. The lowest BCUT2D eigenvalue weighted by Crippen LogP contribution is -2.34. The zero-order valence-electron chi connectivity index (χ0n) is 12.4. The molecule has 0 radical (unpaired) electrons. The largest absolute Gasteiger partial charge is 0.350 e. The van der Waals surface area contributed by atoms with Crippen molar-refractivity contribution >= 4 is 12.0 Å². The fourth-order valence-corrected chi connectivity index (χ4v) is 2.72. The summed E-state index contributed by atoms with van der Waals surface area (Å²) in [5.41, 5.74) is 1.80. The first-order chi connectivity index (χ1) is 10.8. The molecule has 1 aromatic heterocycles. The van der Waals surface area contributed by atoms with Gasteiger partial charge in [-0.2, -0.15) is 0 Å². The highest BCUT2D eigenvalue weighted by Gasteiger charge is 2.14. The number of hydrogen-bond acceptors (Lipinski definition) is 4. The Kier molecular flexibility index (Phi) is 4.58. The topological polar surface area (TPSA) is 72.7 Å². The van der Waals surface area contributed by atoms with Gasteiger partial charge in [-0.1, -0.05) is 31.4 Å². The number of amides is 1. The molecule has 6 nitrogen and oxygen atoms in total. The second-order valence-electron chi connectivity index (χ2n) is 5.53. The van der Waals surface area contributed by atoms with E-state index < -0.39 is 0 Å². The van der Waals surface area contributed by atoms with Gasteiger partial charge in [0.15, 0.2) is 0 Å². The van der Waals surface area contributed by atoms with Crippen molar-refractivity contribution in [2.75, 3.05) is 0 Å². The van der Waals surface area contributed by atoms with Crippen molar-refractivity contribution < 1.29 is 4.79 Å². The Bertz CT molecular complexity index is 644. The molecule has 1 aliphatic rings. The lowest BCUT2D eigenvalue weighted by molar-refractivity contribution is -0.117. The minimum absolute atomic E-state index is 0.0280. The van der Waals surface area contributed by atoms with Crippen molar-refractivity contribution in [3.63, 3.8) is 0 Å². The zero-order chi connectivity index (χ0) is 15.2. The van der Waals surface area contributed by atoms with E-state index in [4.69, 9.17) is 0 Å². The van der Waals surface area contributed by atoms with Crippen LogP contribution in [0.15, 0.2) is 36.7 Å². The van der Waals surface area contributed by atoms with Gasteiger partial charge < -0.3 is 5.32 Å². The molecular weight excluding hydrogens is 278 g/mol. The molecule has 1 heterocycles. The molecule has 3 rings (SSSR count). The van der Waals surface area contributed by atoms with E-state index in [0.29, 0.717) is 6.04 Å². The van der Waals surface area contributed by atoms with Crippen LogP contribution in [0.25, 0.3) is 11.8 Å². The summed E-state index contributed by atoms with van der Waals surface area (Å²) in [6.45, 7) is 0. The highest BCUT2D eigenvalue weighted by atomic mass is 16.1. The summed E-state index contributed by atoms with van der Waals surface area (Å²) >= 11 is 0. The van der Waals surface area contributed by atoms with Crippen molar-refractivity contribution in [1.82, 2.24) is 25.5 Å². The first-order valence-corrected chi connectivity index (χ1v) is 7.63. The maximum atomic E-state index is 12.0. The molecular formula is C16H19N5O. The molecule has 0 spiro atoms. The molecule has 1 N–H and O–H groups in total. The Balaban J connectivity index is 1.62. The molecule has 1 aliphatic carbocycles. The Hall–Kier alpha value is -2.50. The molecule has 1 fully saturated rings. The number of hydrogen-bond donors (Lipinski definition) is 1. The van der Waals surface area contributed by atoms with E-state index in [-0.39, 0.29) is 5.91 Å². The van der Waals surface area contributed by atoms with E-state index in [1.54, 1.807) is 17.1 Å². The Morgan fingerprint density at radius 3 is 2.91 bits per heavy atom. The normalized spacial score (nSPS) is 16.0. The third-order valence-corrected chi connectivity index (χ3v) is 3.86. The van der Waals surface area contributed by atoms with Crippen molar-refractivity contribution in [1.29, 1.82) is 0 Å². The number of tetrazole rings is 1. The van der Waals surface area contributed by atoms with E-state index in [2.05, 4.69) is 20.8 Å². The zero-order valence-corrected chi connectivity index (χ0v) is 12.4. The Morgan fingerprint density at radius 1 is 1.27 bits per heavy atom. The predicted octanol–water partition coefficient (Wildman–Crippen LogP) is 2.12. The van der Waals surface area contributed by atoms with Gasteiger partial charge in [-0.3, -0.25) is 4.79 Å². The van der Waals surface area contributed by atoms with Gasteiger partial charge in [-0.05, 0) is 47.0 Å². The molecule has 0 unspecified atom stereocenters. The van der Waals surface area contributed by atoms with Crippen LogP contribution in [0.2, 0.25) is 0 Å². The Labute approximate surface area is 129 Å². The van der Waals surface area contributed by atoms with Crippen LogP contribution in [0.3, 0.4) is 0 Å². The average molecular weight is 297 g/mol. The number of rotatable bonds is 4. The number of benzene rings is 1. The smallest absolute Gasteiger partial charge is 0.244 e. The van der Waals surface area contributed by atoms with Crippen LogP contribution in [0.4, 0.5) is 0 Å². The fourth-order valence-electron chi connectivity index (χ4n) is 2.72. The van der Waals surface area contributed by atoms with Crippen LogP contribution in [0.1, 0.15) is 37.7 Å². The lowest BCUT2D eigenvalue weighted by Gasteiger charge is -2.21. The molecule has 1 amide bonds. The summed E-state index contributed by atoms with van der Waals surface area (Å²) in [6, 6.07) is 8.03. The average Bonchev–Trinajstić information content (AvgIpc) is 3.09. The molecule has 22 heavy (non-hydrogen) atoms. The monoisotopic (exact) mass is 297 g/mol. The van der Waals surface area contributed by atoms with Crippen LogP contribution in [0.5, 0.6) is 0 Å². The highest BCUT2D eigenvalue weighted by molar-refractivity contribution is 5.91. The van der Waals surface area contributed by atoms with Crippen molar-refractivity contribution in [3.8, 4) is 5.69 Å². The van der Waals surface area contributed by atoms with Gasteiger partial charge in [-0.25, -0.2) is 4.68 Å². The SMILES string of the molecule is O=C(/C=C/c1cccc(-n2cnnn2)c1)NC1CCCCC1. The summed E-state index contributed by atoms with van der Waals surface area (Å²) in [6.07, 6.45) is 10.8. The Morgan fingerprint density at radius 2 is 2.14 bits per heavy atom. The summed E-state index contributed by atoms with van der Waals surface area (Å²) < 4.78 is 1.58. The molecule has 0 atom stereocenters. The van der Waals surface area contributed by atoms with Gasteiger partial charge in [0.1, 0.15) is 6.33 Å². The molecule has 2 aromatic rings. The van der Waals surface area contributed by atoms with Gasteiger partial charge in [0.05, 0.1) is 5.69 Å². The van der Waals surface area contributed by atoms with Gasteiger partial charge in [-0.15, -0.1) is 5.10 Å². The third kappa shape index (κ3) is 3.78.